The van der Waals surface area contributed by atoms with E-state index in [4.69, 9.17) is 4.74 Å². The molecular weight excluding hydrogens is 536 g/mol. The van der Waals surface area contributed by atoms with Crippen LogP contribution in [0.25, 0.3) is 0 Å². The average Bonchev–Trinajstić information content (AvgIpc) is 2.84. The average molecular weight is 599 g/mol. The smallest absolute Gasteiger partial charge is 0.748 e. The molecule has 0 aromatic heterocycles. The molecule has 0 aliphatic rings. The van der Waals surface area contributed by atoms with Crippen molar-refractivity contribution in [3.05, 3.63) is 0 Å². The first kappa shape index (κ1) is 42.1. The SMILES string of the molecule is CCCCCCCCCCCCCCCCCCCCCCCCCCCCC(CS(=O)(=O)[O-])OC(C)=O.[K+]. The topological polar surface area (TPSA) is 83.5 Å². The summed E-state index contributed by atoms with van der Waals surface area (Å²) < 4.78 is 37.7. The second-order valence-corrected chi connectivity index (χ2v) is 13.0. The summed E-state index contributed by atoms with van der Waals surface area (Å²) in [6, 6.07) is 0. The molecule has 1 unspecified atom stereocenters. The Labute approximate surface area is 286 Å². The van der Waals surface area contributed by atoms with E-state index in [2.05, 4.69) is 6.92 Å². The predicted octanol–water partition coefficient (Wildman–Crippen LogP) is 7.02. The third kappa shape index (κ3) is 37.0. The van der Waals surface area contributed by atoms with E-state index in [1.807, 2.05) is 0 Å². The zero-order valence-electron chi connectivity index (χ0n) is 26.3. The molecule has 0 N–H and O–H groups in total. The van der Waals surface area contributed by atoms with Gasteiger partial charge in [0.15, 0.2) is 0 Å². The van der Waals surface area contributed by atoms with Gasteiger partial charge < -0.3 is 9.29 Å². The fourth-order valence-electron chi connectivity index (χ4n) is 5.33. The largest absolute Gasteiger partial charge is 1.00 e. The summed E-state index contributed by atoms with van der Waals surface area (Å²) in [6.07, 6.45) is 34.6. The Balaban J connectivity index is 0. The summed E-state index contributed by atoms with van der Waals surface area (Å²) in [5, 5.41) is 0. The van der Waals surface area contributed by atoms with Gasteiger partial charge in [-0.15, -0.1) is 0 Å². The molecule has 0 aliphatic carbocycles. The molecular formula is C32H63KO5S. The molecule has 0 aromatic rings. The first-order valence-electron chi connectivity index (χ1n) is 16.5. The van der Waals surface area contributed by atoms with Gasteiger partial charge in [0, 0.05) is 6.92 Å². The third-order valence-corrected chi connectivity index (χ3v) is 8.38. The molecule has 0 aromatic carbocycles. The number of rotatable bonds is 30. The van der Waals surface area contributed by atoms with Crippen molar-refractivity contribution in [2.45, 2.75) is 193 Å². The number of carbonyl (C=O) groups excluding carboxylic acids is 1. The maximum Gasteiger partial charge on any atom is 1.00 e. The van der Waals surface area contributed by atoms with Crippen molar-refractivity contribution in [1.82, 2.24) is 0 Å². The summed E-state index contributed by atoms with van der Waals surface area (Å²) in [5.74, 6) is -1.15. The molecule has 0 aliphatic heterocycles. The molecule has 0 bridgehead atoms. The van der Waals surface area contributed by atoms with Gasteiger partial charge in [0.05, 0.1) is 15.9 Å². The minimum absolute atomic E-state index is 0. The van der Waals surface area contributed by atoms with Crippen molar-refractivity contribution in [3.8, 4) is 0 Å². The van der Waals surface area contributed by atoms with Crippen LogP contribution < -0.4 is 51.4 Å². The Morgan fingerprint density at radius 1 is 0.564 bits per heavy atom. The van der Waals surface area contributed by atoms with Crippen LogP contribution in [0.5, 0.6) is 0 Å². The zero-order valence-corrected chi connectivity index (χ0v) is 30.3. The minimum atomic E-state index is -4.38. The maximum atomic E-state index is 11.1. The quantitative estimate of drug-likeness (QED) is 0.0384. The van der Waals surface area contributed by atoms with Crippen LogP contribution in [0.4, 0.5) is 0 Å². The second kappa shape index (κ2) is 31.9. The van der Waals surface area contributed by atoms with Gasteiger partial charge in [-0.05, 0) is 12.8 Å². The summed E-state index contributed by atoms with van der Waals surface area (Å²) in [5.41, 5.74) is 0. The van der Waals surface area contributed by atoms with Gasteiger partial charge in [-0.2, -0.15) is 0 Å². The Bertz CT molecular complexity index is 612. The molecule has 0 amide bonds. The second-order valence-electron chi connectivity index (χ2n) is 11.6. The normalized spacial score (nSPS) is 12.3. The van der Waals surface area contributed by atoms with Gasteiger partial charge in [-0.25, -0.2) is 8.42 Å². The van der Waals surface area contributed by atoms with Gasteiger partial charge in [0.1, 0.15) is 6.10 Å². The molecule has 5 nitrogen and oxygen atoms in total. The number of hydrogen-bond acceptors (Lipinski definition) is 5. The molecule has 0 saturated carbocycles. The van der Waals surface area contributed by atoms with E-state index < -0.39 is 27.9 Å². The molecule has 0 fully saturated rings. The van der Waals surface area contributed by atoms with Crippen LogP contribution in [0.1, 0.15) is 187 Å². The summed E-state index contributed by atoms with van der Waals surface area (Å²) in [7, 11) is -4.38. The number of esters is 1. The van der Waals surface area contributed by atoms with Crippen LogP contribution in [-0.2, 0) is 19.6 Å². The van der Waals surface area contributed by atoms with E-state index in [1.165, 1.54) is 155 Å². The van der Waals surface area contributed by atoms with Crippen LogP contribution in [0, 0.1) is 0 Å². The summed E-state index contributed by atoms with van der Waals surface area (Å²) in [6.45, 7) is 3.53. The Kier molecular flexibility index (Phi) is 34.5. The van der Waals surface area contributed by atoms with E-state index >= 15 is 0 Å². The molecule has 0 spiro atoms. The number of unbranched alkanes of at least 4 members (excludes halogenated alkanes) is 25. The first-order valence-corrected chi connectivity index (χ1v) is 18.0. The minimum Gasteiger partial charge on any atom is -0.748 e. The molecule has 0 rings (SSSR count). The van der Waals surface area contributed by atoms with Crippen molar-refractivity contribution in [2.24, 2.45) is 0 Å². The van der Waals surface area contributed by atoms with Crippen LogP contribution in [0.15, 0.2) is 0 Å². The van der Waals surface area contributed by atoms with Gasteiger partial charge in [0.2, 0.25) is 0 Å². The molecule has 228 valence electrons. The van der Waals surface area contributed by atoms with Crippen LogP contribution in [0.3, 0.4) is 0 Å². The molecule has 0 heterocycles. The van der Waals surface area contributed by atoms with Gasteiger partial charge in [-0.1, -0.05) is 167 Å². The van der Waals surface area contributed by atoms with Crippen molar-refractivity contribution in [1.29, 1.82) is 0 Å². The summed E-state index contributed by atoms with van der Waals surface area (Å²) >= 11 is 0. The monoisotopic (exact) mass is 598 g/mol. The molecule has 39 heavy (non-hydrogen) atoms. The van der Waals surface area contributed by atoms with Gasteiger partial charge in [0.25, 0.3) is 0 Å². The van der Waals surface area contributed by atoms with Crippen molar-refractivity contribution < 1.29 is 73.9 Å². The molecule has 0 saturated heterocycles. The maximum absolute atomic E-state index is 11.1. The van der Waals surface area contributed by atoms with E-state index in [-0.39, 0.29) is 51.4 Å². The predicted molar refractivity (Wildman–Crippen MR) is 160 cm³/mol. The fraction of sp³-hybridized carbons (Fsp3) is 0.969. The van der Waals surface area contributed by atoms with Crippen LogP contribution in [0.2, 0.25) is 0 Å². The first-order chi connectivity index (χ1) is 18.3. The molecule has 7 heteroatoms. The van der Waals surface area contributed by atoms with Crippen LogP contribution in [-0.4, -0.2) is 30.8 Å². The van der Waals surface area contributed by atoms with E-state index in [1.54, 1.807) is 0 Å². The Hall–Kier alpha value is 1.02. The van der Waals surface area contributed by atoms with Crippen molar-refractivity contribution in [3.63, 3.8) is 0 Å². The Morgan fingerprint density at radius 2 is 0.821 bits per heavy atom. The fourth-order valence-corrected chi connectivity index (χ4v) is 6.02. The zero-order chi connectivity index (χ0) is 28.2. The van der Waals surface area contributed by atoms with Gasteiger partial charge in [-0.3, -0.25) is 4.79 Å². The van der Waals surface area contributed by atoms with Crippen molar-refractivity contribution in [2.75, 3.05) is 5.75 Å². The summed E-state index contributed by atoms with van der Waals surface area (Å²) in [4.78, 5) is 11.1. The Morgan fingerprint density at radius 3 is 1.05 bits per heavy atom. The van der Waals surface area contributed by atoms with E-state index in [0.717, 1.165) is 19.3 Å². The molecule has 1 atom stereocenters. The standard InChI is InChI=1S/C32H64O5S.K/c1-3-4-5-6-7-8-9-10-11-12-13-14-15-16-17-18-19-20-21-22-23-24-25-26-27-28-29-32(37-31(2)33)30-38(34,35)36;/h32H,3-30H2,1-2H3,(H,34,35,36);/q;+1/p-1. The van der Waals surface area contributed by atoms with E-state index in [9.17, 15) is 17.8 Å². The van der Waals surface area contributed by atoms with E-state index in [0.29, 0.717) is 6.42 Å². The number of hydrogen-bond donors (Lipinski definition) is 0. The van der Waals surface area contributed by atoms with Crippen molar-refractivity contribution >= 4 is 16.1 Å². The van der Waals surface area contributed by atoms with Gasteiger partial charge >= 0.3 is 57.4 Å². The number of ether oxygens (including phenoxy) is 1. The number of carbonyl (C=O) groups is 1. The molecule has 0 radical (unpaired) electrons. The van der Waals surface area contributed by atoms with Crippen LogP contribution >= 0.6 is 0 Å². The third-order valence-electron chi connectivity index (χ3n) is 7.60.